The Morgan fingerprint density at radius 2 is 2.30 bits per heavy atom. The van der Waals surface area contributed by atoms with Crippen LogP contribution >= 0.6 is 11.3 Å². The van der Waals surface area contributed by atoms with Gasteiger partial charge in [-0.1, -0.05) is 29.5 Å². The van der Waals surface area contributed by atoms with E-state index in [-0.39, 0.29) is 0 Å². The second-order valence-corrected chi connectivity index (χ2v) is 6.06. The minimum absolute atomic E-state index is 0.700. The fourth-order valence-corrected chi connectivity index (χ4v) is 4.21. The fraction of sp³-hybridized carbons (Fsp3) is 0.125. The number of nitrogens with zero attached hydrogens (tertiary/aromatic N) is 3. The first kappa shape index (κ1) is 8.17. The molecule has 0 aliphatic carbocycles. The molecule has 0 amide bonds. The average molecular weight is 281 g/mol. The molecule has 1 aliphatic heterocycles. The van der Waals surface area contributed by atoms with Crippen molar-refractivity contribution >= 4 is 31.8 Å². The van der Waals surface area contributed by atoms with Crippen LogP contribution in [0, 0.1) is 0 Å². The molecule has 4 heteroatoms. The van der Waals surface area contributed by atoms with Gasteiger partial charge in [-0.2, -0.15) is 0 Å². The van der Waals surface area contributed by atoms with Crippen LogP contribution < -0.4 is 4.57 Å². The predicted molar refractivity (Wildman–Crippen MR) is 80.8 cm³/mol. The number of pyridine rings is 1. The molecule has 4 heterocycles. The van der Waals surface area contributed by atoms with Gasteiger partial charge in [0.05, 0.1) is 22.0 Å². The molecule has 0 radical (unpaired) electrons. The quantitative estimate of drug-likeness (QED) is 0.400. The van der Waals surface area contributed by atoms with Crippen LogP contribution in [0.2, 0.25) is 0 Å². The van der Waals surface area contributed by atoms with Gasteiger partial charge in [-0.15, -0.1) is 0 Å². The van der Waals surface area contributed by atoms with Crippen LogP contribution in [0.3, 0.4) is 0 Å². The van der Waals surface area contributed by atoms with Gasteiger partial charge in [-0.3, -0.25) is 4.98 Å². The first-order valence-electron chi connectivity index (χ1n) is 7.95. The standard InChI is InChI=1S/C16H12N3S/c1-18-15-11-5-3-2-4-10(11)9-19(15)14-12-8-17-7-6-13(12)20-16(14)18/h2-8H,9H2,1H3/q+1/i1D3. The molecule has 5 rings (SSSR count). The smallest absolute Gasteiger partial charge is 0.264 e. The van der Waals surface area contributed by atoms with Gasteiger partial charge >= 0.3 is 0 Å². The van der Waals surface area contributed by atoms with Crippen LogP contribution in [-0.4, -0.2) is 9.55 Å². The Morgan fingerprint density at radius 3 is 3.25 bits per heavy atom. The number of hydrogen-bond donors (Lipinski definition) is 0. The molecule has 1 aliphatic rings. The zero-order valence-electron chi connectivity index (χ0n) is 13.5. The number of thiophene rings is 1. The largest absolute Gasteiger partial charge is 0.291 e. The minimum atomic E-state index is -2.22. The molecule has 3 nitrogen and oxygen atoms in total. The fourth-order valence-electron chi connectivity index (χ4n) is 3.12. The van der Waals surface area contributed by atoms with E-state index in [4.69, 9.17) is 4.11 Å². The second kappa shape index (κ2) is 3.46. The summed E-state index contributed by atoms with van der Waals surface area (Å²) in [6, 6.07) is 9.96. The van der Waals surface area contributed by atoms with E-state index < -0.39 is 6.98 Å². The zero-order valence-corrected chi connectivity index (χ0v) is 11.3. The lowest BCUT2D eigenvalue weighted by molar-refractivity contribution is -0.631. The number of fused-ring (bicyclic) bond motifs is 7. The molecule has 0 fully saturated rings. The van der Waals surface area contributed by atoms with Crippen molar-refractivity contribution in [3.8, 4) is 11.4 Å². The van der Waals surface area contributed by atoms with E-state index in [1.54, 1.807) is 6.20 Å². The van der Waals surface area contributed by atoms with Crippen molar-refractivity contribution in [3.63, 3.8) is 0 Å². The van der Waals surface area contributed by atoms with Crippen molar-refractivity contribution in [2.45, 2.75) is 6.54 Å². The van der Waals surface area contributed by atoms with Gasteiger partial charge in [0.15, 0.2) is 5.52 Å². The molecule has 1 aromatic carbocycles. The molecular formula is C16H12N3S+. The van der Waals surface area contributed by atoms with Crippen molar-refractivity contribution in [1.29, 1.82) is 0 Å². The summed E-state index contributed by atoms with van der Waals surface area (Å²) in [6.07, 6.45) is 3.57. The van der Waals surface area contributed by atoms with E-state index in [9.17, 15) is 0 Å². The number of aromatic nitrogens is 3. The second-order valence-electron chi connectivity index (χ2n) is 5.03. The highest BCUT2D eigenvalue weighted by molar-refractivity contribution is 7.25. The van der Waals surface area contributed by atoms with Gasteiger partial charge in [-0.25, -0.2) is 9.13 Å². The highest BCUT2D eigenvalue weighted by atomic mass is 32.1. The monoisotopic (exact) mass is 281 g/mol. The van der Waals surface area contributed by atoms with Crippen LogP contribution in [0.4, 0.5) is 0 Å². The Hall–Kier alpha value is -2.20. The molecule has 0 N–H and O–H groups in total. The maximum Gasteiger partial charge on any atom is 0.291 e. The Morgan fingerprint density at radius 1 is 1.35 bits per heavy atom. The van der Waals surface area contributed by atoms with Gasteiger partial charge in [-0.05, 0) is 12.1 Å². The molecule has 0 saturated carbocycles. The molecule has 0 atom stereocenters. The summed E-state index contributed by atoms with van der Waals surface area (Å²) in [5.74, 6) is 0.771. The number of hydrogen-bond acceptors (Lipinski definition) is 2. The third-order valence-corrected chi connectivity index (χ3v) is 5.12. The van der Waals surface area contributed by atoms with Crippen molar-refractivity contribution < 1.29 is 8.68 Å². The van der Waals surface area contributed by atoms with Gasteiger partial charge in [0.2, 0.25) is 4.83 Å². The lowest BCUT2D eigenvalue weighted by atomic mass is 10.1. The molecule has 0 bridgehead atoms. The highest BCUT2D eigenvalue weighted by Crippen LogP contribution is 2.39. The lowest BCUT2D eigenvalue weighted by Crippen LogP contribution is -2.28. The SMILES string of the molecule is [2H]C([2H])([2H])[n+]1c2n(c3c4cnccc4sc31)Cc1ccccc1-2. The van der Waals surface area contributed by atoms with Gasteiger partial charge < -0.3 is 0 Å². The third-order valence-electron chi connectivity index (χ3n) is 3.97. The summed E-state index contributed by atoms with van der Waals surface area (Å²) in [4.78, 5) is 5.01. The molecule has 0 unspecified atom stereocenters. The molecule has 3 aromatic heterocycles. The Bertz CT molecular complexity index is 1090. The first-order chi connectivity index (χ1) is 11.1. The van der Waals surface area contributed by atoms with Gasteiger partial charge in [0, 0.05) is 22.7 Å². The average Bonchev–Trinajstić information content (AvgIpc) is 3.12. The normalized spacial score (nSPS) is 15.9. The molecular weight excluding hydrogens is 266 g/mol. The van der Waals surface area contributed by atoms with E-state index >= 15 is 0 Å². The van der Waals surface area contributed by atoms with Crippen LogP contribution in [0.5, 0.6) is 0 Å². The lowest BCUT2D eigenvalue weighted by Gasteiger charge is -1.93. The van der Waals surface area contributed by atoms with E-state index in [1.807, 2.05) is 30.5 Å². The molecule has 0 spiro atoms. The van der Waals surface area contributed by atoms with Crippen molar-refractivity contribution in [1.82, 2.24) is 9.55 Å². The summed E-state index contributed by atoms with van der Waals surface area (Å²) in [6.45, 7) is -1.52. The molecule has 0 saturated heterocycles. The van der Waals surface area contributed by atoms with Crippen molar-refractivity contribution in [2.24, 2.45) is 6.98 Å². The number of imidazole rings is 1. The third kappa shape index (κ3) is 1.11. The van der Waals surface area contributed by atoms with Crippen molar-refractivity contribution in [2.75, 3.05) is 0 Å². The summed E-state index contributed by atoms with van der Waals surface area (Å²) in [7, 11) is 0. The van der Waals surface area contributed by atoms with Crippen LogP contribution in [0.1, 0.15) is 9.68 Å². The van der Waals surface area contributed by atoms with Crippen LogP contribution in [0.25, 0.3) is 31.8 Å². The maximum absolute atomic E-state index is 8.03. The van der Waals surface area contributed by atoms with E-state index in [2.05, 4.69) is 15.6 Å². The summed E-state index contributed by atoms with van der Waals surface area (Å²) in [5.41, 5.74) is 3.13. The number of aryl methyl sites for hydroxylation is 1. The highest BCUT2D eigenvalue weighted by Gasteiger charge is 2.34. The predicted octanol–water partition coefficient (Wildman–Crippen LogP) is 3.10. The summed E-state index contributed by atoms with van der Waals surface area (Å²) in [5, 5.41) is 1.02. The maximum atomic E-state index is 8.03. The van der Waals surface area contributed by atoms with Crippen molar-refractivity contribution in [3.05, 3.63) is 48.3 Å². The van der Waals surface area contributed by atoms with E-state index in [0.717, 1.165) is 37.4 Å². The van der Waals surface area contributed by atoms with E-state index in [0.29, 0.717) is 6.54 Å². The minimum Gasteiger partial charge on any atom is -0.264 e. The van der Waals surface area contributed by atoms with Gasteiger partial charge in [0.25, 0.3) is 5.82 Å². The van der Waals surface area contributed by atoms with Crippen LogP contribution in [-0.2, 0) is 13.5 Å². The first-order valence-corrected chi connectivity index (χ1v) is 7.27. The molecule has 4 aromatic rings. The summed E-state index contributed by atoms with van der Waals surface area (Å²) < 4.78 is 28.8. The topological polar surface area (TPSA) is 21.7 Å². The Kier molecular flexibility index (Phi) is 1.41. The van der Waals surface area contributed by atoms with Gasteiger partial charge in [0.1, 0.15) is 6.54 Å². The number of benzene rings is 1. The van der Waals surface area contributed by atoms with Crippen LogP contribution in [0.15, 0.2) is 42.7 Å². The number of rotatable bonds is 0. The molecule has 20 heavy (non-hydrogen) atoms. The Labute approximate surface area is 123 Å². The molecule has 96 valence electrons. The zero-order chi connectivity index (χ0) is 15.8. The summed E-state index contributed by atoms with van der Waals surface area (Å²) >= 11 is 1.52. The van der Waals surface area contributed by atoms with E-state index in [1.165, 1.54) is 15.9 Å². The Balaban J connectivity index is 2.01.